The first-order valence-electron chi connectivity index (χ1n) is 10.3. The highest BCUT2D eigenvalue weighted by Crippen LogP contribution is 2.19. The van der Waals surface area contributed by atoms with Gasteiger partial charge in [-0.25, -0.2) is 4.39 Å². The molecule has 1 aromatic carbocycles. The fraction of sp³-hybridized carbons (Fsp3) is 0.636. The van der Waals surface area contributed by atoms with Crippen molar-refractivity contribution in [3.05, 3.63) is 35.6 Å². The van der Waals surface area contributed by atoms with Gasteiger partial charge in [-0.2, -0.15) is 0 Å². The lowest BCUT2D eigenvalue weighted by molar-refractivity contribution is -0.126. The molecule has 150 valence electrons. The summed E-state index contributed by atoms with van der Waals surface area (Å²) in [7, 11) is 0. The van der Waals surface area contributed by atoms with Crippen molar-refractivity contribution in [2.45, 2.75) is 58.8 Å². The van der Waals surface area contributed by atoms with E-state index in [0.29, 0.717) is 25.2 Å². The van der Waals surface area contributed by atoms with Gasteiger partial charge in [-0.15, -0.1) is 0 Å². The van der Waals surface area contributed by atoms with E-state index in [-0.39, 0.29) is 23.5 Å². The Bertz CT molecular complexity index is 601. The van der Waals surface area contributed by atoms with Crippen LogP contribution < -0.4 is 5.32 Å². The third-order valence-corrected chi connectivity index (χ3v) is 5.18. The summed E-state index contributed by atoms with van der Waals surface area (Å²) in [6.07, 6.45) is 7.54. The van der Waals surface area contributed by atoms with Crippen LogP contribution in [0.5, 0.6) is 0 Å². The molecule has 0 saturated carbocycles. The van der Waals surface area contributed by atoms with Crippen molar-refractivity contribution in [2.75, 3.05) is 19.6 Å². The highest BCUT2D eigenvalue weighted by atomic mass is 19.1. The van der Waals surface area contributed by atoms with Gasteiger partial charge in [0.1, 0.15) is 5.82 Å². The Balaban J connectivity index is 1.71. The van der Waals surface area contributed by atoms with Crippen LogP contribution in [0.1, 0.15) is 69.2 Å². The second-order valence-corrected chi connectivity index (χ2v) is 7.98. The number of hydrogen-bond donors (Lipinski definition) is 1. The molecule has 1 unspecified atom stereocenters. The number of nitrogens with zero attached hydrogens (tertiary/aromatic N) is 1. The Hall–Kier alpha value is -1.91. The van der Waals surface area contributed by atoms with Gasteiger partial charge in [0.2, 0.25) is 5.91 Å². The summed E-state index contributed by atoms with van der Waals surface area (Å²) in [6, 6.07) is 5.59. The van der Waals surface area contributed by atoms with Gasteiger partial charge in [0, 0.05) is 25.2 Å². The van der Waals surface area contributed by atoms with Gasteiger partial charge in [-0.1, -0.05) is 39.5 Å². The van der Waals surface area contributed by atoms with Crippen LogP contribution >= 0.6 is 0 Å². The molecule has 1 saturated heterocycles. The monoisotopic (exact) mass is 376 g/mol. The van der Waals surface area contributed by atoms with Crippen LogP contribution in [0.25, 0.3) is 0 Å². The van der Waals surface area contributed by atoms with E-state index >= 15 is 0 Å². The maximum atomic E-state index is 13.0. The average molecular weight is 377 g/mol. The molecular weight excluding hydrogens is 343 g/mol. The lowest BCUT2D eigenvalue weighted by Crippen LogP contribution is -2.45. The summed E-state index contributed by atoms with van der Waals surface area (Å²) < 4.78 is 13.0. The molecule has 1 fully saturated rings. The van der Waals surface area contributed by atoms with E-state index in [0.717, 1.165) is 31.6 Å². The molecule has 1 aromatic rings. The van der Waals surface area contributed by atoms with Crippen molar-refractivity contribution in [3.63, 3.8) is 0 Å². The Morgan fingerprint density at radius 1 is 1.15 bits per heavy atom. The van der Waals surface area contributed by atoms with Crippen molar-refractivity contribution in [1.82, 2.24) is 10.2 Å². The highest BCUT2D eigenvalue weighted by Gasteiger charge is 2.28. The minimum absolute atomic E-state index is 0.0498. The van der Waals surface area contributed by atoms with Gasteiger partial charge < -0.3 is 10.2 Å². The number of likely N-dealkylation sites (tertiary alicyclic amines) is 1. The van der Waals surface area contributed by atoms with Crippen LogP contribution in [-0.4, -0.2) is 36.3 Å². The fourth-order valence-corrected chi connectivity index (χ4v) is 3.54. The largest absolute Gasteiger partial charge is 0.356 e. The molecule has 27 heavy (non-hydrogen) atoms. The number of benzene rings is 1. The maximum Gasteiger partial charge on any atom is 0.253 e. The molecule has 0 aliphatic carbocycles. The smallest absolute Gasteiger partial charge is 0.253 e. The zero-order valence-corrected chi connectivity index (χ0v) is 16.7. The Labute approximate surface area is 162 Å². The topological polar surface area (TPSA) is 49.4 Å². The molecule has 1 atom stereocenters. The van der Waals surface area contributed by atoms with Crippen LogP contribution in [0, 0.1) is 17.7 Å². The van der Waals surface area contributed by atoms with Crippen LogP contribution in [0.2, 0.25) is 0 Å². The summed E-state index contributed by atoms with van der Waals surface area (Å²) >= 11 is 0. The van der Waals surface area contributed by atoms with E-state index < -0.39 is 0 Å². The van der Waals surface area contributed by atoms with Crippen LogP contribution in [-0.2, 0) is 4.79 Å². The molecule has 0 radical (unpaired) electrons. The van der Waals surface area contributed by atoms with Gasteiger partial charge in [0.05, 0.1) is 5.92 Å². The predicted octanol–water partition coefficient (Wildman–Crippen LogP) is 4.40. The van der Waals surface area contributed by atoms with Crippen LogP contribution in [0.15, 0.2) is 24.3 Å². The summed E-state index contributed by atoms with van der Waals surface area (Å²) in [5.74, 6) is 0.179. The number of hydrogen-bond acceptors (Lipinski definition) is 2. The van der Waals surface area contributed by atoms with Crippen LogP contribution in [0.3, 0.4) is 0 Å². The van der Waals surface area contributed by atoms with Crippen molar-refractivity contribution in [1.29, 1.82) is 0 Å². The van der Waals surface area contributed by atoms with E-state index in [9.17, 15) is 14.0 Å². The molecule has 0 aromatic heterocycles. The number of carbonyl (C=O) groups excluding carboxylic acids is 2. The molecule has 1 N–H and O–H groups in total. The normalized spacial score (nSPS) is 17.2. The van der Waals surface area contributed by atoms with Gasteiger partial charge in [0.25, 0.3) is 5.91 Å². The molecule has 2 amide bonds. The third-order valence-electron chi connectivity index (χ3n) is 5.18. The summed E-state index contributed by atoms with van der Waals surface area (Å²) in [6.45, 7) is 6.29. The third kappa shape index (κ3) is 7.31. The minimum Gasteiger partial charge on any atom is -0.356 e. The second kappa shape index (κ2) is 11.1. The second-order valence-electron chi connectivity index (χ2n) is 7.98. The predicted molar refractivity (Wildman–Crippen MR) is 106 cm³/mol. The first-order chi connectivity index (χ1) is 13.0. The Morgan fingerprint density at radius 3 is 2.56 bits per heavy atom. The zero-order valence-electron chi connectivity index (χ0n) is 16.7. The number of unbranched alkanes of at least 4 members (excludes halogenated alkanes) is 3. The number of rotatable bonds is 9. The lowest BCUT2D eigenvalue weighted by atomic mass is 9.96. The molecule has 4 nitrogen and oxygen atoms in total. The molecule has 1 aliphatic heterocycles. The highest BCUT2D eigenvalue weighted by molar-refractivity contribution is 5.94. The molecular formula is C22H33FN2O2. The number of amides is 2. The number of piperidine rings is 1. The van der Waals surface area contributed by atoms with Gasteiger partial charge >= 0.3 is 0 Å². The summed E-state index contributed by atoms with van der Waals surface area (Å²) in [5.41, 5.74) is 0.471. The SMILES string of the molecule is CC(C)CCCCCCNC(=O)C1CCCN(C(=O)c2ccc(F)cc2)C1. The zero-order chi connectivity index (χ0) is 19.6. The number of carbonyl (C=O) groups is 2. The van der Waals surface area contributed by atoms with Crippen molar-refractivity contribution in [2.24, 2.45) is 11.8 Å². The first-order valence-corrected chi connectivity index (χ1v) is 10.3. The Kier molecular flexibility index (Phi) is 8.76. The van der Waals surface area contributed by atoms with E-state index in [1.807, 2.05) is 0 Å². The average Bonchev–Trinajstić information content (AvgIpc) is 2.67. The Morgan fingerprint density at radius 2 is 1.85 bits per heavy atom. The molecule has 0 bridgehead atoms. The van der Waals surface area contributed by atoms with Crippen molar-refractivity contribution < 1.29 is 14.0 Å². The molecule has 1 aliphatic rings. The van der Waals surface area contributed by atoms with Gasteiger partial charge in [-0.05, 0) is 49.4 Å². The van der Waals surface area contributed by atoms with Crippen molar-refractivity contribution >= 4 is 11.8 Å². The quantitative estimate of drug-likeness (QED) is 0.650. The van der Waals surface area contributed by atoms with E-state index in [1.54, 1.807) is 4.90 Å². The number of nitrogens with one attached hydrogen (secondary N) is 1. The minimum atomic E-state index is -0.355. The summed E-state index contributed by atoms with van der Waals surface area (Å²) in [4.78, 5) is 26.7. The molecule has 2 rings (SSSR count). The van der Waals surface area contributed by atoms with Gasteiger partial charge in [0.15, 0.2) is 0 Å². The molecule has 1 heterocycles. The van der Waals surface area contributed by atoms with E-state index in [2.05, 4.69) is 19.2 Å². The van der Waals surface area contributed by atoms with E-state index in [4.69, 9.17) is 0 Å². The van der Waals surface area contributed by atoms with Crippen LogP contribution in [0.4, 0.5) is 4.39 Å². The standard InChI is InChI=1S/C22H33FN2O2/c1-17(2)8-5-3-4-6-14-24-21(26)19-9-7-15-25(16-19)22(27)18-10-12-20(23)13-11-18/h10-13,17,19H,3-9,14-16H2,1-2H3,(H,24,26). The van der Waals surface area contributed by atoms with E-state index in [1.165, 1.54) is 43.5 Å². The van der Waals surface area contributed by atoms with Crippen molar-refractivity contribution in [3.8, 4) is 0 Å². The van der Waals surface area contributed by atoms with Gasteiger partial charge in [-0.3, -0.25) is 9.59 Å². The first kappa shape index (κ1) is 21.4. The molecule has 5 heteroatoms. The summed E-state index contributed by atoms with van der Waals surface area (Å²) in [5, 5.41) is 3.03. The number of halogens is 1. The maximum absolute atomic E-state index is 13.0. The lowest BCUT2D eigenvalue weighted by Gasteiger charge is -2.32. The fourth-order valence-electron chi connectivity index (χ4n) is 3.54. The molecule has 0 spiro atoms.